The summed E-state index contributed by atoms with van der Waals surface area (Å²) in [6.45, 7) is 1.93. The van der Waals surface area contributed by atoms with Gasteiger partial charge in [-0.15, -0.1) is 0 Å². The summed E-state index contributed by atoms with van der Waals surface area (Å²) < 4.78 is 38.3. The topological polar surface area (TPSA) is 52.6 Å². The summed E-state index contributed by atoms with van der Waals surface area (Å²) in [7, 11) is -2.11. The first-order valence-electron chi connectivity index (χ1n) is 8.26. The molecule has 0 amide bonds. The van der Waals surface area contributed by atoms with Crippen LogP contribution in [0.2, 0.25) is 0 Å². The van der Waals surface area contributed by atoms with Gasteiger partial charge in [-0.1, -0.05) is 35.9 Å². The normalized spacial score (nSPS) is 15.5. The first-order chi connectivity index (χ1) is 12.5. The second kappa shape index (κ2) is 6.18. The van der Waals surface area contributed by atoms with E-state index in [0.29, 0.717) is 33.3 Å². The highest BCUT2D eigenvalue weighted by molar-refractivity contribution is 7.92. The Balaban J connectivity index is 1.96. The molecule has 3 aromatic carbocycles. The lowest BCUT2D eigenvalue weighted by Gasteiger charge is -2.28. The highest BCUT2D eigenvalue weighted by Crippen LogP contribution is 2.49. The Morgan fingerprint density at radius 3 is 2.31 bits per heavy atom. The van der Waals surface area contributed by atoms with Crippen LogP contribution in [0, 0.1) is 6.92 Å². The van der Waals surface area contributed by atoms with Gasteiger partial charge < -0.3 is 9.47 Å². The minimum Gasteiger partial charge on any atom is -0.497 e. The summed E-state index contributed by atoms with van der Waals surface area (Å²) >= 11 is 0. The van der Waals surface area contributed by atoms with Crippen LogP contribution in [0.4, 0.5) is 0 Å². The molecule has 1 atom stereocenters. The maximum atomic E-state index is 13.5. The van der Waals surface area contributed by atoms with Crippen molar-refractivity contribution in [3.63, 3.8) is 0 Å². The van der Waals surface area contributed by atoms with Crippen molar-refractivity contribution in [1.82, 2.24) is 0 Å². The number of hydrogen-bond donors (Lipinski definition) is 0. The zero-order valence-electron chi connectivity index (χ0n) is 14.5. The average Bonchev–Trinajstić information content (AvgIpc) is 2.65. The van der Waals surface area contributed by atoms with E-state index in [2.05, 4.69) is 0 Å². The van der Waals surface area contributed by atoms with Gasteiger partial charge in [0.1, 0.15) is 22.5 Å². The van der Waals surface area contributed by atoms with E-state index >= 15 is 0 Å². The first kappa shape index (κ1) is 16.7. The van der Waals surface area contributed by atoms with Crippen LogP contribution in [0.1, 0.15) is 21.9 Å². The van der Waals surface area contributed by atoms with E-state index in [1.165, 1.54) is 0 Å². The van der Waals surface area contributed by atoms with Gasteiger partial charge in [-0.3, -0.25) is 0 Å². The summed E-state index contributed by atoms with van der Waals surface area (Å²) in [5.41, 5.74) is 2.23. The number of para-hydroxylation sites is 1. The second-order valence-corrected chi connectivity index (χ2v) is 8.31. The van der Waals surface area contributed by atoms with Crippen molar-refractivity contribution in [1.29, 1.82) is 0 Å². The quantitative estimate of drug-likeness (QED) is 0.676. The summed E-state index contributed by atoms with van der Waals surface area (Å²) in [5, 5.41) is -0.847. The number of aryl methyl sites for hydroxylation is 1. The molecule has 5 heteroatoms. The maximum Gasteiger partial charge on any atom is 0.189 e. The zero-order chi connectivity index (χ0) is 18.3. The lowest BCUT2D eigenvalue weighted by atomic mass is 9.99. The van der Waals surface area contributed by atoms with Gasteiger partial charge in [0.25, 0.3) is 0 Å². The number of sulfone groups is 1. The summed E-state index contributed by atoms with van der Waals surface area (Å²) in [5.74, 6) is 1.69. The molecule has 0 saturated heterocycles. The molecule has 0 N–H and O–H groups in total. The molecule has 4 nitrogen and oxygen atoms in total. The molecule has 132 valence electrons. The Morgan fingerprint density at radius 1 is 0.885 bits per heavy atom. The highest BCUT2D eigenvalue weighted by atomic mass is 32.2. The molecule has 1 aliphatic heterocycles. The third-order valence-electron chi connectivity index (χ3n) is 4.58. The van der Waals surface area contributed by atoms with Gasteiger partial charge in [-0.2, -0.15) is 0 Å². The Bertz CT molecular complexity index is 1070. The third kappa shape index (κ3) is 2.65. The zero-order valence-corrected chi connectivity index (χ0v) is 15.3. The van der Waals surface area contributed by atoms with Crippen molar-refractivity contribution in [2.45, 2.75) is 17.1 Å². The van der Waals surface area contributed by atoms with Gasteiger partial charge in [0.15, 0.2) is 9.84 Å². The average molecular weight is 366 g/mol. The van der Waals surface area contributed by atoms with E-state index in [4.69, 9.17) is 9.47 Å². The Hall–Kier alpha value is -2.79. The van der Waals surface area contributed by atoms with Crippen LogP contribution in [-0.4, -0.2) is 15.5 Å². The van der Waals surface area contributed by atoms with Crippen molar-refractivity contribution >= 4 is 9.84 Å². The van der Waals surface area contributed by atoms with Crippen molar-refractivity contribution in [2.75, 3.05) is 7.11 Å². The fourth-order valence-electron chi connectivity index (χ4n) is 3.23. The molecule has 0 aliphatic carbocycles. The number of fused-ring (bicyclic) bond motifs is 2. The second-order valence-electron chi connectivity index (χ2n) is 6.28. The van der Waals surface area contributed by atoms with Gasteiger partial charge in [-0.05, 0) is 43.3 Å². The van der Waals surface area contributed by atoms with Gasteiger partial charge in [0.2, 0.25) is 0 Å². The molecule has 0 fully saturated rings. The highest BCUT2D eigenvalue weighted by Gasteiger charge is 2.38. The lowest BCUT2D eigenvalue weighted by molar-refractivity contribution is 0.409. The molecule has 0 bridgehead atoms. The Kier molecular flexibility index (Phi) is 3.96. The molecule has 1 aliphatic rings. The van der Waals surface area contributed by atoms with E-state index in [0.717, 1.165) is 5.56 Å². The van der Waals surface area contributed by atoms with Crippen LogP contribution in [0.5, 0.6) is 17.2 Å². The largest absolute Gasteiger partial charge is 0.497 e. The van der Waals surface area contributed by atoms with E-state index in [1.54, 1.807) is 49.6 Å². The summed E-state index contributed by atoms with van der Waals surface area (Å²) in [6.07, 6.45) is 0. The predicted molar refractivity (Wildman–Crippen MR) is 99.7 cm³/mol. The summed E-state index contributed by atoms with van der Waals surface area (Å²) in [4.78, 5) is 0.290. The molecule has 0 aromatic heterocycles. The monoisotopic (exact) mass is 366 g/mol. The predicted octanol–water partition coefficient (Wildman–Crippen LogP) is 4.67. The van der Waals surface area contributed by atoms with Crippen LogP contribution in [-0.2, 0) is 9.84 Å². The van der Waals surface area contributed by atoms with E-state index in [-0.39, 0.29) is 0 Å². The fourth-order valence-corrected chi connectivity index (χ4v) is 5.06. The van der Waals surface area contributed by atoms with Gasteiger partial charge in [0.05, 0.1) is 12.0 Å². The maximum absolute atomic E-state index is 13.5. The number of hydrogen-bond acceptors (Lipinski definition) is 4. The van der Waals surface area contributed by atoms with Crippen LogP contribution >= 0.6 is 0 Å². The number of ether oxygens (including phenoxy) is 2. The van der Waals surface area contributed by atoms with Gasteiger partial charge in [-0.25, -0.2) is 8.42 Å². The molecular formula is C21H18O4S. The summed E-state index contributed by atoms with van der Waals surface area (Å²) in [6, 6.07) is 19.4. The van der Waals surface area contributed by atoms with Crippen molar-refractivity contribution in [3.8, 4) is 17.2 Å². The molecule has 26 heavy (non-hydrogen) atoms. The van der Waals surface area contributed by atoms with E-state index in [9.17, 15) is 8.42 Å². The SMILES string of the molecule is COc1ccc2c(c1)[C@@H](S(=O)(=O)c1ccc(C)cc1)c1ccccc1O2. The van der Waals surface area contributed by atoms with Crippen LogP contribution < -0.4 is 9.47 Å². The molecule has 0 saturated carbocycles. The molecule has 0 unspecified atom stereocenters. The standard InChI is InChI=1S/C21H18O4S/c1-14-7-10-16(11-8-14)26(22,23)21-17-5-3-4-6-19(17)25-20-12-9-15(24-2)13-18(20)21/h3-13,21H,1-2H3/t21-/m0/s1. The van der Waals surface area contributed by atoms with Gasteiger partial charge in [0, 0.05) is 11.1 Å². The number of methoxy groups -OCH3 is 1. The van der Waals surface area contributed by atoms with Crippen LogP contribution in [0.15, 0.2) is 71.6 Å². The molecule has 4 rings (SSSR count). The Morgan fingerprint density at radius 2 is 1.58 bits per heavy atom. The van der Waals surface area contributed by atoms with Gasteiger partial charge >= 0.3 is 0 Å². The Labute approximate surface area is 152 Å². The molecule has 0 radical (unpaired) electrons. The molecular weight excluding hydrogens is 348 g/mol. The fraction of sp³-hybridized carbons (Fsp3) is 0.143. The molecule has 0 spiro atoms. The number of benzene rings is 3. The van der Waals surface area contributed by atoms with Crippen LogP contribution in [0.3, 0.4) is 0 Å². The smallest absolute Gasteiger partial charge is 0.189 e. The minimum atomic E-state index is -3.67. The minimum absolute atomic E-state index is 0.290. The lowest BCUT2D eigenvalue weighted by Crippen LogP contribution is -2.19. The molecule has 3 aromatic rings. The van der Waals surface area contributed by atoms with Crippen molar-refractivity contribution in [2.24, 2.45) is 0 Å². The molecule has 1 heterocycles. The number of rotatable bonds is 3. The van der Waals surface area contributed by atoms with Crippen LogP contribution in [0.25, 0.3) is 0 Å². The van der Waals surface area contributed by atoms with Crippen molar-refractivity contribution in [3.05, 3.63) is 83.4 Å². The third-order valence-corrected chi connectivity index (χ3v) is 6.64. The van der Waals surface area contributed by atoms with Crippen molar-refractivity contribution < 1.29 is 17.9 Å². The first-order valence-corrected chi connectivity index (χ1v) is 9.80. The van der Waals surface area contributed by atoms with E-state index in [1.807, 2.05) is 31.2 Å². The van der Waals surface area contributed by atoms with E-state index < -0.39 is 15.1 Å².